The second-order valence-electron chi connectivity index (χ2n) is 8.41. The van der Waals surface area contributed by atoms with E-state index in [1.807, 2.05) is 0 Å². The summed E-state index contributed by atoms with van der Waals surface area (Å²) in [6.07, 6.45) is 2.48. The normalized spacial score (nSPS) is 19.5. The molecule has 1 aromatic rings. The van der Waals surface area contributed by atoms with Crippen LogP contribution in [0.2, 0.25) is 0 Å². The van der Waals surface area contributed by atoms with E-state index in [-0.39, 0.29) is 11.0 Å². The number of fused-ring (bicyclic) bond motifs is 1. The number of rotatable bonds is 4. The van der Waals surface area contributed by atoms with E-state index in [2.05, 4.69) is 76.0 Å². The van der Waals surface area contributed by atoms with Gasteiger partial charge in [-0.2, -0.15) is 0 Å². The van der Waals surface area contributed by atoms with E-state index < -0.39 is 0 Å². The van der Waals surface area contributed by atoms with Crippen molar-refractivity contribution in [2.75, 3.05) is 18.0 Å². The fourth-order valence-corrected chi connectivity index (χ4v) is 3.02. The molecule has 2 nitrogen and oxygen atoms in total. The molecule has 1 N–H and O–H groups in total. The summed E-state index contributed by atoms with van der Waals surface area (Å²) in [7, 11) is 0. The molecule has 1 aliphatic rings. The Morgan fingerprint density at radius 3 is 2.48 bits per heavy atom. The van der Waals surface area contributed by atoms with Crippen molar-refractivity contribution in [3.63, 3.8) is 0 Å². The maximum Gasteiger partial charge on any atom is 0.0401 e. The molecule has 0 aliphatic carbocycles. The summed E-state index contributed by atoms with van der Waals surface area (Å²) in [6, 6.07) is 9.55. The molecule has 2 heteroatoms. The summed E-state index contributed by atoms with van der Waals surface area (Å²) >= 11 is 0. The molecule has 0 bridgehead atoms. The van der Waals surface area contributed by atoms with Crippen LogP contribution in [-0.2, 0) is 6.42 Å². The van der Waals surface area contributed by atoms with Crippen LogP contribution in [0.15, 0.2) is 24.3 Å². The van der Waals surface area contributed by atoms with Crippen molar-refractivity contribution in [2.24, 2.45) is 5.41 Å². The first-order valence-electron chi connectivity index (χ1n) is 8.28. The van der Waals surface area contributed by atoms with Gasteiger partial charge in [-0.15, -0.1) is 0 Å². The van der Waals surface area contributed by atoms with E-state index >= 15 is 0 Å². The molecule has 0 saturated carbocycles. The quantitative estimate of drug-likeness (QED) is 0.891. The van der Waals surface area contributed by atoms with Crippen molar-refractivity contribution in [2.45, 2.75) is 66.0 Å². The van der Waals surface area contributed by atoms with Gasteiger partial charge in [0, 0.05) is 30.4 Å². The lowest BCUT2D eigenvalue weighted by Crippen LogP contribution is -2.49. The number of benzene rings is 1. The number of anilines is 1. The summed E-state index contributed by atoms with van der Waals surface area (Å²) in [5, 5.41) is 3.66. The smallest absolute Gasteiger partial charge is 0.0401 e. The van der Waals surface area contributed by atoms with Crippen molar-refractivity contribution in [3.05, 3.63) is 29.8 Å². The molecule has 0 aromatic heterocycles. The zero-order valence-corrected chi connectivity index (χ0v) is 14.7. The highest BCUT2D eigenvalue weighted by Gasteiger charge is 2.29. The minimum Gasteiger partial charge on any atom is -0.368 e. The van der Waals surface area contributed by atoms with Gasteiger partial charge in [-0.05, 0) is 57.6 Å². The fourth-order valence-electron chi connectivity index (χ4n) is 3.02. The summed E-state index contributed by atoms with van der Waals surface area (Å²) in [5.41, 5.74) is 3.39. The number of hydrogen-bond donors (Lipinski definition) is 1. The average molecular weight is 288 g/mol. The van der Waals surface area contributed by atoms with E-state index in [4.69, 9.17) is 0 Å². The number of para-hydroxylation sites is 1. The molecule has 1 aromatic carbocycles. The molecule has 0 amide bonds. The van der Waals surface area contributed by atoms with E-state index in [1.54, 1.807) is 0 Å². The largest absolute Gasteiger partial charge is 0.368 e. The van der Waals surface area contributed by atoms with Gasteiger partial charge in [0.15, 0.2) is 0 Å². The summed E-state index contributed by atoms with van der Waals surface area (Å²) in [6.45, 7) is 16.0. The zero-order chi connectivity index (χ0) is 15.7. The van der Waals surface area contributed by atoms with Gasteiger partial charge in [-0.1, -0.05) is 32.0 Å². The molecule has 0 saturated heterocycles. The second-order valence-corrected chi connectivity index (χ2v) is 8.41. The molecule has 1 atom stereocenters. The molecule has 1 unspecified atom stereocenters. The Labute approximate surface area is 130 Å². The lowest BCUT2D eigenvalue weighted by atomic mass is 9.88. The first kappa shape index (κ1) is 16.4. The predicted octanol–water partition coefficient (Wildman–Crippen LogP) is 4.24. The maximum absolute atomic E-state index is 3.66. The number of aryl methyl sites for hydroxylation is 1. The summed E-state index contributed by atoms with van der Waals surface area (Å²) in [5.74, 6) is 0. The molecular weight excluding hydrogens is 256 g/mol. The van der Waals surface area contributed by atoms with Crippen LogP contribution in [-0.4, -0.2) is 24.7 Å². The van der Waals surface area contributed by atoms with Crippen molar-refractivity contribution in [1.82, 2.24) is 5.32 Å². The van der Waals surface area contributed by atoms with Gasteiger partial charge in [0.25, 0.3) is 0 Å². The Hall–Kier alpha value is -1.02. The average Bonchev–Trinajstić information content (AvgIpc) is 2.39. The third kappa shape index (κ3) is 4.47. The van der Waals surface area contributed by atoms with Crippen molar-refractivity contribution in [1.29, 1.82) is 0 Å². The third-order valence-electron chi connectivity index (χ3n) is 4.36. The molecule has 21 heavy (non-hydrogen) atoms. The Kier molecular flexibility index (Phi) is 4.67. The van der Waals surface area contributed by atoms with Gasteiger partial charge in [-0.25, -0.2) is 0 Å². The van der Waals surface area contributed by atoms with Crippen LogP contribution >= 0.6 is 0 Å². The molecule has 0 spiro atoms. The fraction of sp³-hybridized carbons (Fsp3) is 0.684. The van der Waals surface area contributed by atoms with Crippen molar-refractivity contribution in [3.8, 4) is 0 Å². The van der Waals surface area contributed by atoms with E-state index in [9.17, 15) is 0 Å². The SMILES string of the molecule is CC1CCc2ccccc2N1CC(C)(C)CNC(C)(C)C. The van der Waals surface area contributed by atoms with Crippen molar-refractivity contribution >= 4 is 5.69 Å². The molecule has 1 heterocycles. The Morgan fingerprint density at radius 2 is 1.81 bits per heavy atom. The Morgan fingerprint density at radius 1 is 1.14 bits per heavy atom. The number of hydrogen-bond acceptors (Lipinski definition) is 2. The molecule has 2 rings (SSSR count). The van der Waals surface area contributed by atoms with Crippen LogP contribution < -0.4 is 10.2 Å². The molecule has 118 valence electrons. The topological polar surface area (TPSA) is 15.3 Å². The van der Waals surface area contributed by atoms with Crippen LogP contribution in [0.3, 0.4) is 0 Å². The molecule has 1 aliphatic heterocycles. The van der Waals surface area contributed by atoms with Gasteiger partial charge in [-0.3, -0.25) is 0 Å². The van der Waals surface area contributed by atoms with Crippen LogP contribution in [0, 0.1) is 5.41 Å². The van der Waals surface area contributed by atoms with Crippen LogP contribution in [0.5, 0.6) is 0 Å². The zero-order valence-electron chi connectivity index (χ0n) is 14.7. The lowest BCUT2D eigenvalue weighted by Gasteiger charge is -2.42. The highest BCUT2D eigenvalue weighted by atomic mass is 15.2. The van der Waals surface area contributed by atoms with Gasteiger partial charge >= 0.3 is 0 Å². The second kappa shape index (κ2) is 6.00. The number of nitrogens with one attached hydrogen (secondary N) is 1. The molecule has 0 fully saturated rings. The third-order valence-corrected chi connectivity index (χ3v) is 4.36. The van der Waals surface area contributed by atoms with Gasteiger partial charge in [0.05, 0.1) is 0 Å². The van der Waals surface area contributed by atoms with E-state index in [0.29, 0.717) is 6.04 Å². The molecule has 0 radical (unpaired) electrons. The van der Waals surface area contributed by atoms with Gasteiger partial charge in [0.1, 0.15) is 0 Å². The van der Waals surface area contributed by atoms with Crippen LogP contribution in [0.25, 0.3) is 0 Å². The van der Waals surface area contributed by atoms with E-state index in [1.165, 1.54) is 24.1 Å². The Balaban J connectivity index is 2.11. The van der Waals surface area contributed by atoms with Gasteiger partial charge < -0.3 is 10.2 Å². The predicted molar refractivity (Wildman–Crippen MR) is 93.1 cm³/mol. The first-order valence-corrected chi connectivity index (χ1v) is 8.28. The summed E-state index contributed by atoms with van der Waals surface area (Å²) in [4.78, 5) is 2.61. The first-order chi connectivity index (χ1) is 9.68. The highest BCUT2D eigenvalue weighted by Crippen LogP contribution is 2.33. The van der Waals surface area contributed by atoms with E-state index in [0.717, 1.165) is 13.1 Å². The van der Waals surface area contributed by atoms with Gasteiger partial charge in [0.2, 0.25) is 0 Å². The van der Waals surface area contributed by atoms with Crippen LogP contribution in [0.1, 0.15) is 53.5 Å². The maximum atomic E-state index is 3.66. The minimum atomic E-state index is 0.183. The monoisotopic (exact) mass is 288 g/mol. The minimum absolute atomic E-state index is 0.183. The number of nitrogens with zero attached hydrogens (tertiary/aromatic N) is 1. The standard InChI is InChI=1S/C19H32N2/c1-15-11-12-16-9-7-8-10-17(16)21(15)14-19(5,6)13-20-18(2,3)4/h7-10,15,20H,11-14H2,1-6H3. The van der Waals surface area contributed by atoms with Crippen molar-refractivity contribution < 1.29 is 0 Å². The Bertz CT molecular complexity index is 471. The highest BCUT2D eigenvalue weighted by molar-refractivity contribution is 5.56. The summed E-state index contributed by atoms with van der Waals surface area (Å²) < 4.78 is 0. The van der Waals surface area contributed by atoms with Crippen LogP contribution in [0.4, 0.5) is 5.69 Å². The lowest BCUT2D eigenvalue weighted by molar-refractivity contribution is 0.284. The molecular formula is C19H32N2.